The molecule has 0 saturated heterocycles. The molecular formula is C20H23NO3. The minimum atomic E-state index is 0.118. The molecule has 1 amide bonds. The molecule has 3 rings (SSSR count). The Morgan fingerprint density at radius 3 is 2.25 bits per heavy atom. The summed E-state index contributed by atoms with van der Waals surface area (Å²) in [5, 5.41) is 2.92. The van der Waals surface area contributed by atoms with E-state index in [1.165, 1.54) is 0 Å². The number of benzene rings is 2. The summed E-state index contributed by atoms with van der Waals surface area (Å²) in [6.45, 7) is 4.51. The molecule has 0 bridgehead atoms. The van der Waals surface area contributed by atoms with Crippen LogP contribution in [-0.4, -0.2) is 12.0 Å². The molecule has 126 valence electrons. The fraction of sp³-hybridized carbons (Fsp3) is 0.350. The second-order valence-corrected chi connectivity index (χ2v) is 6.39. The zero-order chi connectivity index (χ0) is 16.9. The van der Waals surface area contributed by atoms with Crippen LogP contribution in [0.4, 0.5) is 5.69 Å². The summed E-state index contributed by atoms with van der Waals surface area (Å²) >= 11 is 0. The number of rotatable bonds is 7. The molecule has 4 nitrogen and oxygen atoms in total. The maximum atomic E-state index is 11.7. The van der Waals surface area contributed by atoms with Crippen molar-refractivity contribution >= 4 is 11.6 Å². The first-order valence-corrected chi connectivity index (χ1v) is 8.39. The van der Waals surface area contributed by atoms with E-state index in [2.05, 4.69) is 5.32 Å². The Labute approximate surface area is 142 Å². The number of ether oxygens (including phenoxy) is 2. The average Bonchev–Trinajstić information content (AvgIpc) is 3.40. The van der Waals surface area contributed by atoms with Crippen molar-refractivity contribution in [3.8, 4) is 11.5 Å². The molecule has 1 fully saturated rings. The summed E-state index contributed by atoms with van der Waals surface area (Å²) in [5.74, 6) is 1.97. The van der Waals surface area contributed by atoms with E-state index in [4.69, 9.17) is 9.47 Å². The van der Waals surface area contributed by atoms with Gasteiger partial charge in [0.2, 0.25) is 5.91 Å². The predicted molar refractivity (Wildman–Crippen MR) is 94.3 cm³/mol. The van der Waals surface area contributed by atoms with Gasteiger partial charge in [-0.05, 0) is 68.7 Å². The molecular weight excluding hydrogens is 302 g/mol. The van der Waals surface area contributed by atoms with Crippen LogP contribution in [0.25, 0.3) is 0 Å². The first-order valence-electron chi connectivity index (χ1n) is 8.39. The molecule has 0 unspecified atom stereocenters. The van der Waals surface area contributed by atoms with Gasteiger partial charge in [-0.15, -0.1) is 0 Å². The number of carbonyl (C=O) groups excluding carboxylic acids is 1. The zero-order valence-electron chi connectivity index (χ0n) is 14.1. The summed E-state index contributed by atoms with van der Waals surface area (Å²) in [4.78, 5) is 11.7. The molecule has 0 aromatic heterocycles. The van der Waals surface area contributed by atoms with Crippen molar-refractivity contribution in [3.63, 3.8) is 0 Å². The van der Waals surface area contributed by atoms with E-state index in [1.54, 1.807) is 0 Å². The van der Waals surface area contributed by atoms with Crippen LogP contribution < -0.4 is 14.8 Å². The van der Waals surface area contributed by atoms with Crippen molar-refractivity contribution in [2.24, 2.45) is 5.92 Å². The summed E-state index contributed by atoms with van der Waals surface area (Å²) in [6, 6.07) is 15.4. The molecule has 2 aromatic rings. The second-order valence-electron chi connectivity index (χ2n) is 6.39. The van der Waals surface area contributed by atoms with Crippen LogP contribution in [0, 0.1) is 5.92 Å². The van der Waals surface area contributed by atoms with E-state index < -0.39 is 0 Å². The lowest BCUT2D eigenvalue weighted by Gasteiger charge is -2.11. The van der Waals surface area contributed by atoms with Gasteiger partial charge in [-0.1, -0.05) is 12.1 Å². The van der Waals surface area contributed by atoms with Crippen LogP contribution >= 0.6 is 0 Å². The molecule has 1 N–H and O–H groups in total. The van der Waals surface area contributed by atoms with Gasteiger partial charge in [0, 0.05) is 11.6 Å². The predicted octanol–water partition coefficient (Wildman–Crippen LogP) is 4.40. The van der Waals surface area contributed by atoms with Gasteiger partial charge in [0.1, 0.15) is 18.1 Å². The highest BCUT2D eigenvalue weighted by atomic mass is 16.5. The fourth-order valence-electron chi connectivity index (χ4n) is 2.33. The molecule has 1 aliphatic rings. The van der Waals surface area contributed by atoms with E-state index in [0.717, 1.165) is 35.6 Å². The Morgan fingerprint density at radius 1 is 1.04 bits per heavy atom. The second kappa shape index (κ2) is 7.39. The highest BCUT2D eigenvalue weighted by Gasteiger charge is 2.29. The molecule has 2 aromatic carbocycles. The Morgan fingerprint density at radius 2 is 1.67 bits per heavy atom. The van der Waals surface area contributed by atoms with Crippen molar-refractivity contribution < 1.29 is 14.3 Å². The third kappa shape index (κ3) is 4.75. The highest BCUT2D eigenvalue weighted by Crippen LogP contribution is 2.30. The third-order valence-corrected chi connectivity index (χ3v) is 3.77. The normalized spacial score (nSPS) is 13.6. The van der Waals surface area contributed by atoms with E-state index in [1.807, 2.05) is 62.4 Å². The van der Waals surface area contributed by atoms with Crippen molar-refractivity contribution in [2.45, 2.75) is 39.4 Å². The lowest BCUT2D eigenvalue weighted by atomic mass is 10.2. The van der Waals surface area contributed by atoms with Crippen molar-refractivity contribution in [3.05, 3.63) is 54.1 Å². The standard InChI is InChI=1S/C20H23NO3/c1-14(2)24-19-9-3-15(4-10-19)13-23-18-11-7-17(8-12-18)21-20(22)16-5-6-16/h3-4,7-12,14,16H,5-6,13H2,1-2H3,(H,21,22). The minimum absolute atomic E-state index is 0.118. The lowest BCUT2D eigenvalue weighted by Crippen LogP contribution is -2.13. The summed E-state index contributed by atoms with van der Waals surface area (Å²) in [6.07, 6.45) is 2.19. The van der Waals surface area contributed by atoms with Gasteiger partial charge >= 0.3 is 0 Å². The first kappa shape index (κ1) is 16.4. The maximum Gasteiger partial charge on any atom is 0.227 e. The largest absolute Gasteiger partial charge is 0.491 e. The zero-order valence-corrected chi connectivity index (χ0v) is 14.1. The maximum absolute atomic E-state index is 11.7. The molecule has 24 heavy (non-hydrogen) atoms. The van der Waals surface area contributed by atoms with Crippen LogP contribution in [0.1, 0.15) is 32.3 Å². The van der Waals surface area contributed by atoms with E-state index in [-0.39, 0.29) is 17.9 Å². The molecule has 1 aliphatic carbocycles. The van der Waals surface area contributed by atoms with Gasteiger partial charge in [0.15, 0.2) is 0 Å². The topological polar surface area (TPSA) is 47.6 Å². The number of nitrogens with one attached hydrogen (secondary N) is 1. The van der Waals surface area contributed by atoms with Gasteiger partial charge in [-0.3, -0.25) is 4.79 Å². The van der Waals surface area contributed by atoms with Crippen molar-refractivity contribution in [2.75, 3.05) is 5.32 Å². The molecule has 0 aliphatic heterocycles. The van der Waals surface area contributed by atoms with Crippen LogP contribution in [0.15, 0.2) is 48.5 Å². The first-order chi connectivity index (χ1) is 11.6. The molecule has 0 radical (unpaired) electrons. The van der Waals surface area contributed by atoms with Crippen molar-refractivity contribution in [1.29, 1.82) is 0 Å². The quantitative estimate of drug-likeness (QED) is 0.820. The Hall–Kier alpha value is -2.49. The summed E-state index contributed by atoms with van der Waals surface area (Å²) in [7, 11) is 0. The number of hydrogen-bond donors (Lipinski definition) is 1. The van der Waals surface area contributed by atoms with E-state index in [0.29, 0.717) is 6.61 Å². The third-order valence-electron chi connectivity index (χ3n) is 3.77. The van der Waals surface area contributed by atoms with Crippen LogP contribution in [0.2, 0.25) is 0 Å². The number of hydrogen-bond acceptors (Lipinski definition) is 3. The minimum Gasteiger partial charge on any atom is -0.491 e. The monoisotopic (exact) mass is 325 g/mol. The molecule has 1 saturated carbocycles. The van der Waals surface area contributed by atoms with Gasteiger partial charge in [-0.25, -0.2) is 0 Å². The molecule has 4 heteroatoms. The van der Waals surface area contributed by atoms with Crippen molar-refractivity contribution in [1.82, 2.24) is 0 Å². The van der Waals surface area contributed by atoms with Gasteiger partial charge < -0.3 is 14.8 Å². The Kier molecular flexibility index (Phi) is 5.04. The summed E-state index contributed by atoms with van der Waals surface area (Å²) in [5.41, 5.74) is 1.90. The average molecular weight is 325 g/mol. The van der Waals surface area contributed by atoms with Crippen LogP contribution in [0.3, 0.4) is 0 Å². The van der Waals surface area contributed by atoms with E-state index >= 15 is 0 Å². The fourth-order valence-corrected chi connectivity index (χ4v) is 2.33. The van der Waals surface area contributed by atoms with Crippen LogP contribution in [-0.2, 0) is 11.4 Å². The number of carbonyl (C=O) groups is 1. The van der Waals surface area contributed by atoms with E-state index in [9.17, 15) is 4.79 Å². The Balaban J connectivity index is 1.49. The molecule has 0 heterocycles. The van der Waals surface area contributed by atoms with Gasteiger partial charge in [0.05, 0.1) is 6.10 Å². The Bertz CT molecular complexity index is 673. The molecule has 0 atom stereocenters. The SMILES string of the molecule is CC(C)Oc1ccc(COc2ccc(NC(=O)C3CC3)cc2)cc1. The summed E-state index contributed by atoms with van der Waals surface area (Å²) < 4.78 is 11.4. The highest BCUT2D eigenvalue weighted by molar-refractivity contribution is 5.94. The van der Waals surface area contributed by atoms with Gasteiger partial charge in [-0.2, -0.15) is 0 Å². The number of amides is 1. The number of anilines is 1. The van der Waals surface area contributed by atoms with Gasteiger partial charge in [0.25, 0.3) is 0 Å². The smallest absolute Gasteiger partial charge is 0.227 e. The molecule has 0 spiro atoms. The van der Waals surface area contributed by atoms with Crippen LogP contribution in [0.5, 0.6) is 11.5 Å². The lowest BCUT2D eigenvalue weighted by molar-refractivity contribution is -0.117.